The quantitative estimate of drug-likeness (QED) is 0.141. The van der Waals surface area contributed by atoms with Gasteiger partial charge < -0.3 is 15.2 Å². The Hall–Kier alpha value is -4.57. The molecule has 2 aromatic carbocycles. The number of hydrazine groups is 1. The lowest BCUT2D eigenvalue weighted by atomic mass is 9.78. The summed E-state index contributed by atoms with van der Waals surface area (Å²) in [4.78, 5) is 56.7. The molecule has 1 aromatic heterocycles. The van der Waals surface area contributed by atoms with E-state index in [1.165, 1.54) is 14.0 Å². The largest absolute Gasteiger partial charge is 0.469 e. The molecule has 0 aliphatic carbocycles. The number of hydrogen-bond donors (Lipinski definition) is 3. The molecular weight excluding hydrogens is 620 g/mol. The highest BCUT2D eigenvalue weighted by molar-refractivity contribution is 5.89. The van der Waals surface area contributed by atoms with Crippen LogP contribution in [0.5, 0.6) is 0 Å². The molecule has 0 unspecified atom stereocenters. The average molecular weight is 673 g/mol. The highest BCUT2D eigenvalue weighted by Crippen LogP contribution is 2.31. The Morgan fingerprint density at radius 3 is 2.12 bits per heavy atom. The fourth-order valence-corrected chi connectivity index (χ4v) is 5.79. The van der Waals surface area contributed by atoms with Crippen molar-refractivity contribution in [2.24, 2.45) is 22.7 Å². The van der Waals surface area contributed by atoms with Crippen LogP contribution in [0.25, 0.3) is 11.3 Å². The minimum absolute atomic E-state index is 0.0129. The number of nitrogens with zero attached hydrogens (tertiary/aromatic N) is 2. The second-order valence-corrected chi connectivity index (χ2v) is 14.7. The van der Waals surface area contributed by atoms with Crippen molar-refractivity contribution in [3.05, 3.63) is 84.6 Å². The Bertz CT molecular complexity index is 1550. The van der Waals surface area contributed by atoms with Gasteiger partial charge in [0.15, 0.2) is 5.78 Å². The predicted octanol–water partition coefficient (Wildman–Crippen LogP) is 5.54. The number of benzene rings is 2. The number of Topliss-reactive ketones (excluding diaryl/α,β-unsaturated/α-hetero) is 1. The third kappa shape index (κ3) is 11.8. The van der Waals surface area contributed by atoms with Gasteiger partial charge in [0, 0.05) is 25.1 Å². The average Bonchev–Trinajstić information content (AvgIpc) is 3.05. The van der Waals surface area contributed by atoms with Crippen LogP contribution < -0.4 is 15.8 Å². The maximum Gasteiger partial charge on any atom is 0.306 e. The molecule has 0 saturated heterocycles. The van der Waals surface area contributed by atoms with E-state index in [-0.39, 0.29) is 31.1 Å². The molecule has 4 atom stereocenters. The van der Waals surface area contributed by atoms with Crippen molar-refractivity contribution in [2.45, 2.75) is 79.9 Å². The second kappa shape index (κ2) is 17.2. The topological polar surface area (TPSA) is 138 Å². The monoisotopic (exact) mass is 672 g/mol. The van der Waals surface area contributed by atoms with Gasteiger partial charge in [0.2, 0.25) is 11.8 Å². The van der Waals surface area contributed by atoms with Gasteiger partial charge in [0.1, 0.15) is 0 Å². The number of ketones is 1. The smallest absolute Gasteiger partial charge is 0.306 e. The Kier molecular flexibility index (Phi) is 13.6. The number of aliphatic hydroxyl groups is 1. The van der Waals surface area contributed by atoms with E-state index < -0.39 is 46.7 Å². The van der Waals surface area contributed by atoms with Crippen LogP contribution >= 0.6 is 0 Å². The number of carbonyl (C=O) groups excluding carboxylic acids is 4. The molecular formula is C39H52N4O6. The number of nitrogens with one attached hydrogen (secondary N) is 2. The highest BCUT2D eigenvalue weighted by atomic mass is 16.5. The Morgan fingerprint density at radius 1 is 0.878 bits per heavy atom. The normalized spacial score (nSPS) is 14.1. The first-order valence-corrected chi connectivity index (χ1v) is 16.7. The van der Waals surface area contributed by atoms with E-state index in [1.807, 2.05) is 114 Å². The summed E-state index contributed by atoms with van der Waals surface area (Å²) in [6.45, 7) is 12.6. The Balaban J connectivity index is 2.04. The van der Waals surface area contributed by atoms with Crippen LogP contribution in [0, 0.1) is 22.7 Å². The summed E-state index contributed by atoms with van der Waals surface area (Å²) in [5.41, 5.74) is 4.88. The fraction of sp³-hybridized carbons (Fsp3) is 0.462. The summed E-state index contributed by atoms with van der Waals surface area (Å²) in [5, 5.41) is 16.4. The van der Waals surface area contributed by atoms with Crippen LogP contribution in [0.1, 0.15) is 66.9 Å². The van der Waals surface area contributed by atoms with Crippen LogP contribution in [-0.2, 0) is 30.3 Å². The fourth-order valence-electron chi connectivity index (χ4n) is 5.79. The molecule has 0 spiro atoms. The van der Waals surface area contributed by atoms with Crippen LogP contribution in [0.3, 0.4) is 0 Å². The first-order chi connectivity index (χ1) is 23.0. The lowest BCUT2D eigenvalue weighted by molar-refractivity contribution is -0.146. The molecule has 0 bridgehead atoms. The van der Waals surface area contributed by atoms with Gasteiger partial charge in [-0.25, -0.2) is 0 Å². The van der Waals surface area contributed by atoms with Crippen molar-refractivity contribution in [1.82, 2.24) is 15.7 Å². The van der Waals surface area contributed by atoms with Crippen molar-refractivity contribution in [1.29, 1.82) is 0 Å². The van der Waals surface area contributed by atoms with Crippen molar-refractivity contribution >= 4 is 29.3 Å². The first-order valence-electron chi connectivity index (χ1n) is 16.7. The van der Waals surface area contributed by atoms with E-state index in [4.69, 9.17) is 4.74 Å². The highest BCUT2D eigenvalue weighted by Gasteiger charge is 2.37. The van der Waals surface area contributed by atoms with Gasteiger partial charge in [0.25, 0.3) is 0 Å². The number of anilines is 1. The third-order valence-corrected chi connectivity index (χ3v) is 8.58. The van der Waals surface area contributed by atoms with E-state index >= 15 is 0 Å². The number of pyridine rings is 1. The second-order valence-electron chi connectivity index (χ2n) is 14.7. The molecule has 10 nitrogen and oxygen atoms in total. The third-order valence-electron chi connectivity index (χ3n) is 8.58. The van der Waals surface area contributed by atoms with Gasteiger partial charge in [0.05, 0.1) is 49.5 Å². The molecule has 10 heteroatoms. The van der Waals surface area contributed by atoms with Crippen molar-refractivity contribution in [3.8, 4) is 11.3 Å². The molecule has 264 valence electrons. The molecule has 49 heavy (non-hydrogen) atoms. The van der Waals surface area contributed by atoms with E-state index in [0.29, 0.717) is 12.1 Å². The zero-order valence-corrected chi connectivity index (χ0v) is 30.0. The first kappa shape index (κ1) is 38.9. The van der Waals surface area contributed by atoms with E-state index in [9.17, 15) is 24.3 Å². The molecule has 0 aliphatic heterocycles. The van der Waals surface area contributed by atoms with Crippen LogP contribution in [-0.4, -0.2) is 59.5 Å². The van der Waals surface area contributed by atoms with E-state index in [2.05, 4.69) is 15.7 Å². The van der Waals surface area contributed by atoms with Gasteiger partial charge in [-0.1, -0.05) is 90.1 Å². The Labute approximate surface area is 290 Å². The van der Waals surface area contributed by atoms with Gasteiger partial charge in [-0.05, 0) is 53.0 Å². The molecule has 2 amide bonds. The molecule has 3 aromatic rings. The molecule has 0 aliphatic rings. The minimum Gasteiger partial charge on any atom is -0.469 e. The van der Waals surface area contributed by atoms with Crippen LogP contribution in [0.2, 0.25) is 0 Å². The summed E-state index contributed by atoms with van der Waals surface area (Å²) in [6, 6.07) is 21.8. The maximum absolute atomic E-state index is 14.0. The summed E-state index contributed by atoms with van der Waals surface area (Å²) in [7, 11) is 1.29. The van der Waals surface area contributed by atoms with Crippen LogP contribution in [0.4, 0.5) is 5.69 Å². The van der Waals surface area contributed by atoms with Gasteiger partial charge in [-0.2, -0.15) is 0 Å². The molecule has 3 N–H and O–H groups in total. The van der Waals surface area contributed by atoms with Gasteiger partial charge in [-0.15, -0.1) is 0 Å². The summed E-state index contributed by atoms with van der Waals surface area (Å²) in [6.07, 6.45) is 0.838. The lowest BCUT2D eigenvalue weighted by Gasteiger charge is -2.36. The maximum atomic E-state index is 14.0. The number of esters is 1. The molecule has 0 fully saturated rings. The van der Waals surface area contributed by atoms with Gasteiger partial charge in [-0.3, -0.25) is 34.6 Å². The molecule has 3 rings (SSSR count). The summed E-state index contributed by atoms with van der Waals surface area (Å²) >= 11 is 0. The number of amides is 2. The number of rotatable bonds is 15. The molecule has 0 radical (unpaired) electrons. The summed E-state index contributed by atoms with van der Waals surface area (Å²) < 4.78 is 4.90. The Morgan fingerprint density at radius 2 is 1.55 bits per heavy atom. The zero-order valence-electron chi connectivity index (χ0n) is 30.0. The van der Waals surface area contributed by atoms with Crippen molar-refractivity contribution in [3.63, 3.8) is 0 Å². The van der Waals surface area contributed by atoms with Gasteiger partial charge >= 0.3 is 5.97 Å². The predicted molar refractivity (Wildman–Crippen MR) is 191 cm³/mol. The van der Waals surface area contributed by atoms with E-state index in [0.717, 1.165) is 16.8 Å². The van der Waals surface area contributed by atoms with E-state index in [1.54, 1.807) is 11.2 Å². The number of hydrogen-bond acceptors (Lipinski definition) is 8. The molecule has 0 saturated carbocycles. The molecule has 1 heterocycles. The van der Waals surface area contributed by atoms with Crippen molar-refractivity contribution < 1.29 is 29.0 Å². The number of aliphatic hydroxyl groups excluding tert-OH is 1. The summed E-state index contributed by atoms with van der Waals surface area (Å²) in [5.74, 6) is -2.74. The SMILES string of the molecule is COC(=O)C[C@H](C(=O)NN(C[C@H](O)[C@@H](CC(=O)[C@@H](NC(C)=O)C(C)(C)C)Cc1ccccc1)c1cccc(-c2ccccn2)c1)C(C)(C)C. The minimum atomic E-state index is -1.10. The number of ether oxygens (including phenoxy) is 1. The zero-order chi connectivity index (χ0) is 36.4. The number of carbonyl (C=O) groups is 4. The standard InChI is InChI=1S/C39H52N4O6/c1-26(44)41-36(39(5,6)7)33(45)23-29(21-27-15-10-9-11-16-27)34(46)25-43(42-37(48)31(38(2,3)4)24-35(47)49-8)30-18-14-17-28(22-30)32-19-12-13-20-40-32/h9-20,22,29,31,34,36,46H,21,23-25H2,1-8H3,(H,41,44)(H,42,48)/t29-,31-,34+,36-/m1/s1. The van der Waals surface area contributed by atoms with Crippen molar-refractivity contribution in [2.75, 3.05) is 18.7 Å². The number of aromatic nitrogens is 1. The number of methoxy groups -OCH3 is 1. The van der Waals surface area contributed by atoms with Crippen LogP contribution in [0.15, 0.2) is 79.0 Å². The lowest BCUT2D eigenvalue weighted by Crippen LogP contribution is -2.53.